The van der Waals surface area contributed by atoms with Crippen LogP contribution >= 0.6 is 0 Å². The third kappa shape index (κ3) is 4.21. The predicted molar refractivity (Wildman–Crippen MR) is 68.5 cm³/mol. The maximum Gasteiger partial charge on any atom is 0.215 e. The van der Waals surface area contributed by atoms with Gasteiger partial charge in [-0.3, -0.25) is 0 Å². The van der Waals surface area contributed by atoms with Crippen molar-refractivity contribution in [1.82, 2.24) is 9.62 Å². The van der Waals surface area contributed by atoms with E-state index in [0.717, 1.165) is 0 Å². The van der Waals surface area contributed by atoms with Gasteiger partial charge in [0.1, 0.15) is 0 Å². The molecule has 0 spiro atoms. The first-order valence-corrected chi connectivity index (χ1v) is 7.52. The van der Waals surface area contributed by atoms with Crippen molar-refractivity contribution in [2.75, 3.05) is 32.4 Å². The predicted octanol–water partition coefficient (Wildman–Crippen LogP) is 0.425. The quantitative estimate of drug-likeness (QED) is 0.800. The summed E-state index contributed by atoms with van der Waals surface area (Å²) < 4.78 is 31.7. The maximum absolute atomic E-state index is 12.2. The normalized spacial score (nSPS) is 24.8. The molecule has 0 atom stereocenters. The topological polar surface area (TPSA) is 58.6 Å². The lowest BCUT2D eigenvalue weighted by Gasteiger charge is -2.46. The molecule has 0 saturated carbocycles. The lowest BCUT2D eigenvalue weighted by molar-refractivity contribution is -0.163. The van der Waals surface area contributed by atoms with E-state index >= 15 is 0 Å². The summed E-state index contributed by atoms with van der Waals surface area (Å²) in [4.78, 5) is 0. The molecule has 0 amide bonds. The van der Waals surface area contributed by atoms with E-state index in [9.17, 15) is 8.42 Å². The van der Waals surface area contributed by atoms with E-state index in [2.05, 4.69) is 5.32 Å². The minimum absolute atomic E-state index is 0.135. The van der Waals surface area contributed by atoms with Crippen LogP contribution in [0.1, 0.15) is 27.7 Å². The molecule has 1 aliphatic rings. The molecule has 17 heavy (non-hydrogen) atoms. The molecule has 0 bridgehead atoms. The smallest absolute Gasteiger partial charge is 0.215 e. The van der Waals surface area contributed by atoms with Crippen LogP contribution in [0.5, 0.6) is 0 Å². The molecule has 0 aliphatic carbocycles. The number of rotatable bonds is 4. The Kier molecular flexibility index (Phi) is 4.24. The molecular weight excluding hydrogens is 240 g/mol. The number of morpholine rings is 1. The van der Waals surface area contributed by atoms with Crippen LogP contribution in [0, 0.1) is 0 Å². The van der Waals surface area contributed by atoms with Gasteiger partial charge < -0.3 is 10.1 Å². The molecule has 0 unspecified atom stereocenters. The van der Waals surface area contributed by atoms with Crippen molar-refractivity contribution in [3.05, 3.63) is 0 Å². The van der Waals surface area contributed by atoms with Gasteiger partial charge in [-0.1, -0.05) is 0 Å². The molecule has 1 rings (SSSR count). The van der Waals surface area contributed by atoms with Crippen LogP contribution in [0.25, 0.3) is 0 Å². The van der Waals surface area contributed by atoms with E-state index in [1.165, 1.54) is 0 Å². The monoisotopic (exact) mass is 264 g/mol. The van der Waals surface area contributed by atoms with Crippen LogP contribution in [0.4, 0.5) is 0 Å². The number of sulfonamides is 1. The van der Waals surface area contributed by atoms with Crippen LogP contribution in [-0.2, 0) is 14.8 Å². The largest absolute Gasteiger partial charge is 0.367 e. The Bertz CT molecular complexity index is 347. The highest BCUT2D eigenvalue weighted by Crippen LogP contribution is 2.29. The summed E-state index contributed by atoms with van der Waals surface area (Å²) in [5, 5.41) is 2.87. The Morgan fingerprint density at radius 3 is 2.06 bits per heavy atom. The molecule has 1 fully saturated rings. The fourth-order valence-electron chi connectivity index (χ4n) is 2.27. The zero-order valence-electron chi connectivity index (χ0n) is 11.4. The van der Waals surface area contributed by atoms with E-state index in [1.54, 1.807) is 11.4 Å². The van der Waals surface area contributed by atoms with Crippen molar-refractivity contribution >= 4 is 10.0 Å². The zero-order valence-corrected chi connectivity index (χ0v) is 12.2. The third-order valence-electron chi connectivity index (χ3n) is 2.67. The molecule has 1 aliphatic heterocycles. The first-order chi connectivity index (χ1) is 7.58. The van der Waals surface area contributed by atoms with E-state index in [4.69, 9.17) is 4.74 Å². The second-order valence-electron chi connectivity index (χ2n) is 5.81. The summed E-state index contributed by atoms with van der Waals surface area (Å²) >= 11 is 0. The maximum atomic E-state index is 12.2. The summed E-state index contributed by atoms with van der Waals surface area (Å²) in [7, 11) is -1.44. The number of hydrogen-bond donors (Lipinski definition) is 1. The number of ether oxygens (including phenoxy) is 1. The van der Waals surface area contributed by atoms with Crippen LogP contribution in [0.3, 0.4) is 0 Å². The Morgan fingerprint density at radius 1 is 1.18 bits per heavy atom. The molecule has 1 N–H and O–H groups in total. The zero-order chi connectivity index (χ0) is 13.3. The van der Waals surface area contributed by atoms with Crippen molar-refractivity contribution in [3.63, 3.8) is 0 Å². The average molecular weight is 264 g/mol. The van der Waals surface area contributed by atoms with Crippen molar-refractivity contribution in [3.8, 4) is 0 Å². The molecule has 5 nitrogen and oxygen atoms in total. The van der Waals surface area contributed by atoms with Crippen molar-refractivity contribution in [1.29, 1.82) is 0 Å². The second-order valence-corrected chi connectivity index (χ2v) is 7.90. The van der Waals surface area contributed by atoms with Gasteiger partial charge in [0.25, 0.3) is 0 Å². The van der Waals surface area contributed by atoms with Gasteiger partial charge in [0.2, 0.25) is 10.0 Å². The molecule has 0 aromatic rings. The van der Waals surface area contributed by atoms with Crippen LogP contribution in [-0.4, -0.2) is 56.4 Å². The summed E-state index contributed by atoms with van der Waals surface area (Å²) in [6, 6.07) is 0. The first kappa shape index (κ1) is 14.9. The minimum atomic E-state index is -3.20. The Labute approximate surface area is 105 Å². The third-order valence-corrected chi connectivity index (χ3v) is 4.44. The van der Waals surface area contributed by atoms with E-state index in [0.29, 0.717) is 19.6 Å². The van der Waals surface area contributed by atoms with Crippen molar-refractivity contribution < 1.29 is 13.2 Å². The van der Waals surface area contributed by atoms with Crippen molar-refractivity contribution in [2.45, 2.75) is 38.9 Å². The van der Waals surface area contributed by atoms with Gasteiger partial charge >= 0.3 is 0 Å². The number of nitrogens with zero attached hydrogens (tertiary/aromatic N) is 1. The summed E-state index contributed by atoms with van der Waals surface area (Å²) in [6.45, 7) is 9.01. The molecule has 0 radical (unpaired) electrons. The van der Waals surface area contributed by atoms with Crippen LogP contribution in [0.15, 0.2) is 0 Å². The molecule has 1 saturated heterocycles. The first-order valence-electron chi connectivity index (χ1n) is 5.91. The van der Waals surface area contributed by atoms with Gasteiger partial charge in [-0.05, 0) is 34.7 Å². The average Bonchev–Trinajstić information content (AvgIpc) is 2.09. The van der Waals surface area contributed by atoms with Gasteiger partial charge in [0.05, 0.1) is 17.0 Å². The van der Waals surface area contributed by atoms with Crippen LogP contribution < -0.4 is 5.32 Å². The standard InChI is InChI=1S/C11H24N2O3S/c1-10(2)8-13(9-11(3,4)16-10)17(14,15)7-6-12-5/h12H,6-9H2,1-5H3. The number of hydrogen-bond acceptors (Lipinski definition) is 4. The lowest BCUT2D eigenvalue weighted by Crippen LogP contribution is -2.59. The molecular formula is C11H24N2O3S. The summed E-state index contributed by atoms with van der Waals surface area (Å²) in [5.41, 5.74) is -0.872. The van der Waals surface area contributed by atoms with Gasteiger partial charge in [0.15, 0.2) is 0 Å². The highest BCUT2D eigenvalue weighted by Gasteiger charge is 2.42. The number of nitrogens with one attached hydrogen (secondary N) is 1. The highest BCUT2D eigenvalue weighted by molar-refractivity contribution is 7.89. The van der Waals surface area contributed by atoms with Gasteiger partial charge in [-0.2, -0.15) is 4.31 Å². The fraction of sp³-hybridized carbons (Fsp3) is 1.00. The van der Waals surface area contributed by atoms with Gasteiger partial charge in [0, 0.05) is 19.6 Å². The SMILES string of the molecule is CNCCS(=O)(=O)N1CC(C)(C)OC(C)(C)C1. The minimum Gasteiger partial charge on any atom is -0.367 e. The van der Waals surface area contributed by atoms with Gasteiger partial charge in [-0.15, -0.1) is 0 Å². The lowest BCUT2D eigenvalue weighted by atomic mass is 10.0. The molecule has 0 aromatic carbocycles. The van der Waals surface area contributed by atoms with Crippen LogP contribution in [0.2, 0.25) is 0 Å². The Balaban J connectivity index is 2.84. The Hall–Kier alpha value is -0.170. The highest BCUT2D eigenvalue weighted by atomic mass is 32.2. The molecule has 102 valence electrons. The van der Waals surface area contributed by atoms with Gasteiger partial charge in [-0.25, -0.2) is 8.42 Å². The van der Waals surface area contributed by atoms with E-state index in [1.807, 2.05) is 27.7 Å². The molecule has 6 heteroatoms. The Morgan fingerprint density at radius 2 is 1.65 bits per heavy atom. The molecule has 0 aromatic heterocycles. The van der Waals surface area contributed by atoms with Crippen molar-refractivity contribution in [2.24, 2.45) is 0 Å². The second kappa shape index (κ2) is 4.84. The van der Waals surface area contributed by atoms with E-state index < -0.39 is 21.2 Å². The summed E-state index contributed by atoms with van der Waals surface area (Å²) in [6.07, 6.45) is 0. The van der Waals surface area contributed by atoms with E-state index in [-0.39, 0.29) is 5.75 Å². The fourth-order valence-corrected chi connectivity index (χ4v) is 4.01. The molecule has 1 heterocycles. The summed E-state index contributed by atoms with van der Waals surface area (Å²) in [5.74, 6) is 0.135.